The molecule has 1 unspecified atom stereocenters. The molecule has 1 amide bonds. The number of ether oxygens (including phenoxy) is 1. The highest BCUT2D eigenvalue weighted by Crippen LogP contribution is 2.31. The van der Waals surface area contributed by atoms with Crippen molar-refractivity contribution in [1.29, 1.82) is 0 Å². The Balaban J connectivity index is 2.20. The lowest BCUT2D eigenvalue weighted by Gasteiger charge is -2.15. The van der Waals surface area contributed by atoms with Gasteiger partial charge in [0.2, 0.25) is 10.0 Å². The van der Waals surface area contributed by atoms with Gasteiger partial charge in [0.05, 0.1) is 16.8 Å². The molecule has 0 radical (unpaired) electrons. The molecule has 0 spiro atoms. The minimum absolute atomic E-state index is 0.0778. The van der Waals surface area contributed by atoms with Gasteiger partial charge < -0.3 is 9.53 Å². The number of esters is 1. The highest BCUT2D eigenvalue weighted by molar-refractivity contribution is 7.91. The minimum Gasteiger partial charge on any atom is -0.459 e. The van der Waals surface area contributed by atoms with E-state index in [4.69, 9.17) is 4.74 Å². The van der Waals surface area contributed by atoms with Crippen LogP contribution < -0.4 is 4.72 Å². The summed E-state index contributed by atoms with van der Waals surface area (Å²) in [4.78, 5) is 38.1. The third-order valence-corrected chi connectivity index (χ3v) is 5.27. The van der Waals surface area contributed by atoms with E-state index in [0.717, 1.165) is 24.4 Å². The standard InChI is InChI=1S/C18H15F3N2O6S/c1-11(25)29-10-15-6-5-13(8-22-15)17(26)23-30(27,28)16(9-24)12-3-2-4-14(7-12)18(19,20)21/h2-9,16H,10H2,1H3,(H,23,26). The van der Waals surface area contributed by atoms with Gasteiger partial charge in [0.15, 0.2) is 5.25 Å². The van der Waals surface area contributed by atoms with Gasteiger partial charge in [-0.2, -0.15) is 13.2 Å². The fourth-order valence-electron chi connectivity index (χ4n) is 2.29. The monoisotopic (exact) mass is 444 g/mol. The highest BCUT2D eigenvalue weighted by atomic mass is 32.2. The van der Waals surface area contributed by atoms with Crippen LogP contribution in [-0.2, 0) is 37.1 Å². The number of pyridine rings is 1. The lowest BCUT2D eigenvalue weighted by Crippen LogP contribution is -2.35. The van der Waals surface area contributed by atoms with Crippen molar-refractivity contribution in [1.82, 2.24) is 9.71 Å². The van der Waals surface area contributed by atoms with Crippen LogP contribution in [0.25, 0.3) is 0 Å². The normalized spacial score (nSPS) is 12.7. The Labute approximate surface area is 169 Å². The summed E-state index contributed by atoms with van der Waals surface area (Å²) in [6.07, 6.45) is -3.80. The SMILES string of the molecule is CC(=O)OCc1ccc(C(=O)NS(=O)(=O)C(C=O)c2cccc(C(F)(F)F)c2)cn1. The molecule has 0 aliphatic heterocycles. The van der Waals surface area contributed by atoms with Gasteiger partial charge in [0.1, 0.15) is 12.9 Å². The second-order valence-corrected chi connectivity index (χ2v) is 7.78. The van der Waals surface area contributed by atoms with Crippen LogP contribution in [0.4, 0.5) is 13.2 Å². The smallest absolute Gasteiger partial charge is 0.416 e. The molecule has 2 rings (SSSR count). The number of hydrogen-bond acceptors (Lipinski definition) is 7. The number of halogens is 3. The molecule has 1 atom stereocenters. The Morgan fingerprint density at radius 1 is 1.23 bits per heavy atom. The fourth-order valence-corrected chi connectivity index (χ4v) is 3.45. The van der Waals surface area contributed by atoms with Gasteiger partial charge in [-0.3, -0.25) is 14.6 Å². The number of aldehydes is 1. The maximum Gasteiger partial charge on any atom is 0.416 e. The van der Waals surface area contributed by atoms with Crippen LogP contribution in [0.1, 0.15) is 39.4 Å². The number of alkyl halides is 3. The number of hydrogen-bond donors (Lipinski definition) is 1. The molecular formula is C18H15F3N2O6S. The third kappa shape index (κ3) is 5.86. The number of aromatic nitrogens is 1. The minimum atomic E-state index is -4.74. The number of rotatable bonds is 7. The van der Waals surface area contributed by atoms with Gasteiger partial charge >= 0.3 is 12.1 Å². The predicted molar refractivity (Wildman–Crippen MR) is 96.3 cm³/mol. The van der Waals surface area contributed by atoms with Crippen LogP contribution >= 0.6 is 0 Å². The molecule has 1 N–H and O–H groups in total. The van der Waals surface area contributed by atoms with Crippen molar-refractivity contribution >= 4 is 28.2 Å². The van der Waals surface area contributed by atoms with Gasteiger partial charge in [-0.25, -0.2) is 13.1 Å². The van der Waals surface area contributed by atoms with E-state index in [1.807, 2.05) is 0 Å². The van der Waals surface area contributed by atoms with Crippen LogP contribution in [0.5, 0.6) is 0 Å². The van der Waals surface area contributed by atoms with E-state index < -0.39 is 44.5 Å². The van der Waals surface area contributed by atoms with Gasteiger partial charge in [-0.05, 0) is 23.8 Å². The molecule has 1 heterocycles. The molecule has 0 aliphatic rings. The second kappa shape index (κ2) is 9.03. The van der Waals surface area contributed by atoms with Crippen LogP contribution in [0, 0.1) is 0 Å². The van der Waals surface area contributed by atoms with Crippen LogP contribution in [0.2, 0.25) is 0 Å². The molecule has 12 heteroatoms. The molecule has 0 saturated carbocycles. The van der Waals surface area contributed by atoms with E-state index in [0.29, 0.717) is 11.8 Å². The fraction of sp³-hybridized carbons (Fsp3) is 0.222. The van der Waals surface area contributed by atoms with Gasteiger partial charge in [-0.15, -0.1) is 0 Å². The van der Waals surface area contributed by atoms with Crippen LogP contribution in [0.15, 0.2) is 42.6 Å². The van der Waals surface area contributed by atoms with Gasteiger partial charge in [-0.1, -0.05) is 18.2 Å². The zero-order valence-corrected chi connectivity index (χ0v) is 16.2. The van der Waals surface area contributed by atoms with E-state index in [2.05, 4.69) is 4.98 Å². The number of sulfonamides is 1. The molecule has 8 nitrogen and oxygen atoms in total. The largest absolute Gasteiger partial charge is 0.459 e. The molecule has 1 aromatic carbocycles. The lowest BCUT2D eigenvalue weighted by molar-refractivity contribution is -0.142. The first-order valence-corrected chi connectivity index (χ1v) is 9.75. The number of benzene rings is 1. The quantitative estimate of drug-likeness (QED) is 0.513. The molecule has 1 aromatic heterocycles. The van der Waals surface area contributed by atoms with Crippen molar-refractivity contribution in [3.8, 4) is 0 Å². The number of nitrogens with zero attached hydrogens (tertiary/aromatic N) is 1. The summed E-state index contributed by atoms with van der Waals surface area (Å²) in [5.74, 6) is -1.68. The van der Waals surface area contributed by atoms with Crippen LogP contribution in [-0.4, -0.2) is 31.6 Å². The summed E-state index contributed by atoms with van der Waals surface area (Å²) in [6, 6.07) is 5.75. The van der Waals surface area contributed by atoms with E-state index in [-0.39, 0.29) is 18.5 Å². The highest BCUT2D eigenvalue weighted by Gasteiger charge is 2.34. The van der Waals surface area contributed by atoms with E-state index in [9.17, 15) is 36.0 Å². The number of carbonyl (C=O) groups is 3. The summed E-state index contributed by atoms with van der Waals surface area (Å²) in [6.45, 7) is 1.04. The van der Waals surface area contributed by atoms with Gasteiger partial charge in [0, 0.05) is 13.1 Å². The maximum atomic E-state index is 12.9. The lowest BCUT2D eigenvalue weighted by atomic mass is 10.1. The molecule has 2 aromatic rings. The first-order chi connectivity index (χ1) is 13.9. The van der Waals surface area contributed by atoms with Crippen molar-refractivity contribution in [3.05, 3.63) is 65.0 Å². The number of carbonyl (C=O) groups excluding carboxylic acids is 3. The summed E-state index contributed by atoms with van der Waals surface area (Å²) in [5.41, 5.74) is -1.49. The van der Waals surface area contributed by atoms with Crippen LogP contribution in [0.3, 0.4) is 0 Å². The second-order valence-electron chi connectivity index (χ2n) is 5.97. The summed E-state index contributed by atoms with van der Waals surface area (Å²) < 4.78 is 69.8. The molecular weight excluding hydrogens is 429 g/mol. The summed E-state index contributed by atoms with van der Waals surface area (Å²) in [5, 5.41) is -2.04. The zero-order chi connectivity index (χ0) is 22.5. The first-order valence-electron chi connectivity index (χ1n) is 8.20. The predicted octanol–water partition coefficient (Wildman–Crippen LogP) is 2.16. The summed E-state index contributed by atoms with van der Waals surface area (Å²) in [7, 11) is -4.70. The Kier molecular flexibility index (Phi) is 6.92. The molecule has 0 saturated heterocycles. The Bertz CT molecular complexity index is 1050. The Hall–Kier alpha value is -3.28. The summed E-state index contributed by atoms with van der Waals surface area (Å²) >= 11 is 0. The van der Waals surface area contributed by atoms with Crippen molar-refractivity contribution in [2.75, 3.05) is 0 Å². The van der Waals surface area contributed by atoms with E-state index >= 15 is 0 Å². The van der Waals surface area contributed by atoms with E-state index in [1.165, 1.54) is 19.1 Å². The van der Waals surface area contributed by atoms with Gasteiger partial charge in [0.25, 0.3) is 5.91 Å². The van der Waals surface area contributed by atoms with E-state index in [1.54, 1.807) is 4.72 Å². The third-order valence-electron chi connectivity index (χ3n) is 3.75. The average molecular weight is 444 g/mol. The molecule has 0 aliphatic carbocycles. The van der Waals surface area contributed by atoms with Crippen molar-refractivity contribution in [3.63, 3.8) is 0 Å². The topological polar surface area (TPSA) is 119 Å². The number of nitrogens with one attached hydrogen (secondary N) is 1. The Morgan fingerprint density at radius 3 is 2.47 bits per heavy atom. The number of amides is 1. The Morgan fingerprint density at radius 2 is 1.93 bits per heavy atom. The van der Waals surface area contributed by atoms with Crippen molar-refractivity contribution in [2.45, 2.75) is 25.0 Å². The van der Waals surface area contributed by atoms with Crippen molar-refractivity contribution < 1.29 is 40.7 Å². The van der Waals surface area contributed by atoms with Crippen molar-refractivity contribution in [2.24, 2.45) is 0 Å². The zero-order valence-electron chi connectivity index (χ0n) is 15.3. The molecule has 30 heavy (non-hydrogen) atoms. The maximum absolute atomic E-state index is 12.9. The molecule has 0 bridgehead atoms. The first kappa shape index (κ1) is 23.0. The molecule has 0 fully saturated rings. The molecule has 160 valence electrons. The average Bonchev–Trinajstić information content (AvgIpc) is 2.66.